The number of allylic oxidation sites excluding steroid dienone is 9. The van der Waals surface area contributed by atoms with Crippen molar-refractivity contribution in [3.8, 4) is 22.3 Å². The van der Waals surface area contributed by atoms with Crippen LogP contribution in [0.1, 0.15) is 110 Å². The Bertz CT molecular complexity index is 3780. The summed E-state index contributed by atoms with van der Waals surface area (Å²) in [5.41, 5.74) is 33.1. The van der Waals surface area contributed by atoms with E-state index in [9.17, 15) is 0 Å². The van der Waals surface area contributed by atoms with Crippen molar-refractivity contribution in [3.05, 3.63) is 316 Å². The van der Waals surface area contributed by atoms with Gasteiger partial charge in [0.1, 0.15) is 0 Å². The summed E-state index contributed by atoms with van der Waals surface area (Å²) in [5, 5.41) is 8.92. The van der Waals surface area contributed by atoms with E-state index in [1.807, 2.05) is 13.8 Å². The van der Waals surface area contributed by atoms with E-state index in [1.54, 1.807) is 0 Å². The molecule has 0 saturated carbocycles. The van der Waals surface area contributed by atoms with E-state index in [0.717, 1.165) is 29.8 Å². The number of nitrogens with two attached hydrogens (primary N) is 2. The van der Waals surface area contributed by atoms with Crippen molar-refractivity contribution in [1.82, 2.24) is 5.32 Å². The predicted octanol–water partition coefficient (Wildman–Crippen LogP) is 18.8. The highest BCUT2D eigenvalue weighted by atomic mass is 14.9. The highest BCUT2D eigenvalue weighted by Gasteiger charge is 2.46. The van der Waals surface area contributed by atoms with Gasteiger partial charge in [0.05, 0.1) is 11.5 Å². The van der Waals surface area contributed by atoms with Crippen LogP contribution in [-0.4, -0.2) is 6.04 Å². The molecule has 9 aromatic rings. The van der Waals surface area contributed by atoms with Crippen molar-refractivity contribution in [2.75, 3.05) is 0 Å². The van der Waals surface area contributed by atoms with Gasteiger partial charge in [-0.15, -0.1) is 0 Å². The second-order valence-electron chi connectivity index (χ2n) is 21.0. The fourth-order valence-electron chi connectivity index (χ4n) is 11.5. The molecule has 0 radical (unpaired) electrons. The molecule has 3 nitrogen and oxygen atoms in total. The van der Waals surface area contributed by atoms with E-state index in [2.05, 4.69) is 287 Å². The van der Waals surface area contributed by atoms with Crippen molar-refractivity contribution in [2.24, 2.45) is 11.5 Å². The topological polar surface area (TPSA) is 64.1 Å². The van der Waals surface area contributed by atoms with Crippen LogP contribution in [0.3, 0.4) is 0 Å². The van der Waals surface area contributed by atoms with E-state index in [0.29, 0.717) is 0 Å². The second kappa shape index (κ2) is 24.8. The summed E-state index contributed by atoms with van der Waals surface area (Å²) in [6.07, 6.45) is 25.1. The fourth-order valence-corrected chi connectivity index (χ4v) is 11.5. The largest absolute Gasteiger partial charge is 0.398 e. The molecule has 2 atom stereocenters. The summed E-state index contributed by atoms with van der Waals surface area (Å²) in [6.45, 7) is 11.4. The molecule has 0 amide bonds. The lowest BCUT2D eigenvalue weighted by Crippen LogP contribution is -2.31. The van der Waals surface area contributed by atoms with Crippen LogP contribution in [0.5, 0.6) is 0 Å². The number of fused-ring (bicyclic) bond motifs is 6. The van der Waals surface area contributed by atoms with Gasteiger partial charge in [-0.1, -0.05) is 269 Å². The standard InChI is InChI=1S/C55H44N2.C17H19N.C4H10/c1-37(39-15-5-2-6-16-39)41-28-31-48-49-32-29-43(35-52(49)55(51(48)34-41,44-18-7-3-8-19-44)45-20-9-4-10-21-45)54(56)50-23-13-14-24-53(50)57-36-38-25-30-47-42(33-38)27-26-40-17-11-12-22-46(40)47;1-3-6-15-7-4-5-8-17(15)16-11-9-14(10-12-16)13(2)18;1-3-4-2/h2-15,17-35,53,57H,16,36,56H2,1H3;3-13H,18H2,1-2H3;3-4H2,1-2H3/b39-37+,54-50-;6-3-;. The third kappa shape index (κ3) is 11.3. The van der Waals surface area contributed by atoms with E-state index in [-0.39, 0.29) is 12.1 Å². The van der Waals surface area contributed by atoms with Crippen molar-refractivity contribution in [2.45, 2.75) is 77.9 Å². The van der Waals surface area contributed by atoms with E-state index >= 15 is 0 Å². The van der Waals surface area contributed by atoms with Gasteiger partial charge < -0.3 is 16.8 Å². The molecule has 12 rings (SSSR count). The molecule has 392 valence electrons. The van der Waals surface area contributed by atoms with Gasteiger partial charge in [0.2, 0.25) is 0 Å². The van der Waals surface area contributed by atoms with Gasteiger partial charge in [-0.05, 0) is 156 Å². The lowest BCUT2D eigenvalue weighted by Gasteiger charge is -2.34. The van der Waals surface area contributed by atoms with Crippen LogP contribution in [-0.2, 0) is 12.0 Å². The quantitative estimate of drug-likeness (QED) is 0.113. The molecule has 0 saturated heterocycles. The van der Waals surface area contributed by atoms with Gasteiger partial charge in [-0.2, -0.15) is 0 Å². The second-order valence-corrected chi connectivity index (χ2v) is 21.0. The van der Waals surface area contributed by atoms with E-state index in [4.69, 9.17) is 11.5 Å². The zero-order chi connectivity index (χ0) is 54.7. The maximum atomic E-state index is 7.30. The number of unbranched alkanes of at least 4 members (excludes halogenated alkanes) is 1. The minimum atomic E-state index is -0.543. The minimum Gasteiger partial charge on any atom is -0.398 e. The van der Waals surface area contributed by atoms with Crippen molar-refractivity contribution in [1.29, 1.82) is 0 Å². The number of hydrogen-bond donors (Lipinski definition) is 3. The molecule has 9 aromatic carbocycles. The summed E-state index contributed by atoms with van der Waals surface area (Å²) in [6, 6.07) is 72.9. The van der Waals surface area contributed by atoms with Crippen LogP contribution in [0.15, 0.2) is 266 Å². The first-order valence-corrected chi connectivity index (χ1v) is 28.2. The third-order valence-corrected chi connectivity index (χ3v) is 15.9. The van der Waals surface area contributed by atoms with Crippen molar-refractivity contribution < 1.29 is 0 Å². The van der Waals surface area contributed by atoms with Gasteiger partial charge in [-0.25, -0.2) is 0 Å². The third-order valence-electron chi connectivity index (χ3n) is 15.9. The predicted molar refractivity (Wildman–Crippen MR) is 340 cm³/mol. The van der Waals surface area contributed by atoms with Gasteiger partial charge in [0, 0.05) is 18.3 Å². The Morgan fingerprint density at radius 1 is 0.608 bits per heavy atom. The molecule has 0 spiro atoms. The molecule has 0 aliphatic heterocycles. The molecule has 5 N–H and O–H groups in total. The summed E-state index contributed by atoms with van der Waals surface area (Å²) in [7, 11) is 0. The van der Waals surface area contributed by atoms with Crippen LogP contribution >= 0.6 is 0 Å². The number of rotatable bonds is 11. The number of benzene rings is 9. The van der Waals surface area contributed by atoms with Gasteiger partial charge >= 0.3 is 0 Å². The van der Waals surface area contributed by atoms with Crippen molar-refractivity contribution >= 4 is 38.9 Å². The fraction of sp³-hybridized carbons (Fsp3) is 0.158. The first-order valence-electron chi connectivity index (χ1n) is 28.2. The monoisotopic (exact) mass is 1030 g/mol. The molecule has 3 heteroatoms. The SMILES string of the molecule is C/C(=C1/C=CC=CC1)c1ccc2c(c1)C(c1ccccc1)(c1ccccc1)c1cc(/C(N)=C3\C=CC=CC3NCc3ccc4c(ccc5ccccc54)c3)ccc1-2.C/C=C\c1ccccc1-c1ccc(C(C)N)cc1.CCCC. The first kappa shape index (κ1) is 53.8. The summed E-state index contributed by atoms with van der Waals surface area (Å²) in [5.74, 6) is 0. The van der Waals surface area contributed by atoms with Gasteiger partial charge in [-0.3, -0.25) is 0 Å². The molecular formula is C76H73N3. The Kier molecular flexibility index (Phi) is 16.9. The lowest BCUT2D eigenvalue weighted by atomic mass is 9.67. The molecule has 0 aromatic heterocycles. The van der Waals surface area contributed by atoms with E-state index in [1.165, 1.54) is 112 Å². The van der Waals surface area contributed by atoms with Gasteiger partial charge in [0.15, 0.2) is 0 Å². The zero-order valence-electron chi connectivity index (χ0n) is 46.5. The Morgan fingerprint density at radius 3 is 1.90 bits per heavy atom. The molecule has 0 fully saturated rings. The molecule has 3 aliphatic rings. The molecule has 79 heavy (non-hydrogen) atoms. The molecular weight excluding hydrogens is 955 g/mol. The van der Waals surface area contributed by atoms with Crippen molar-refractivity contribution in [3.63, 3.8) is 0 Å². The highest BCUT2D eigenvalue weighted by molar-refractivity contribution is 6.07. The molecule has 0 bridgehead atoms. The Morgan fingerprint density at radius 2 is 1.23 bits per heavy atom. The lowest BCUT2D eigenvalue weighted by molar-refractivity contribution is 0.658. The molecule has 2 unspecified atom stereocenters. The van der Waals surface area contributed by atoms with Crippen LogP contribution in [0, 0.1) is 0 Å². The highest BCUT2D eigenvalue weighted by Crippen LogP contribution is 2.57. The molecule has 0 heterocycles. The maximum Gasteiger partial charge on any atom is 0.0714 e. The van der Waals surface area contributed by atoms with Crippen LogP contribution in [0.2, 0.25) is 0 Å². The Hall–Kier alpha value is -8.60. The first-order chi connectivity index (χ1) is 38.7. The average Bonchev–Trinajstić information content (AvgIpc) is 3.80. The van der Waals surface area contributed by atoms with Crippen LogP contribution in [0.4, 0.5) is 0 Å². The van der Waals surface area contributed by atoms with Gasteiger partial charge in [0.25, 0.3) is 0 Å². The Labute approximate surface area is 469 Å². The summed E-state index contributed by atoms with van der Waals surface area (Å²) in [4.78, 5) is 0. The minimum absolute atomic E-state index is 0.0389. The number of nitrogens with one attached hydrogen (secondary N) is 1. The summed E-state index contributed by atoms with van der Waals surface area (Å²) >= 11 is 0. The van der Waals surface area contributed by atoms with E-state index < -0.39 is 5.41 Å². The summed E-state index contributed by atoms with van der Waals surface area (Å²) < 4.78 is 0. The maximum absolute atomic E-state index is 7.30. The number of hydrogen-bond acceptors (Lipinski definition) is 3. The van der Waals surface area contributed by atoms with Crippen LogP contribution in [0.25, 0.3) is 61.1 Å². The Balaban J connectivity index is 0.000000268. The molecule has 3 aliphatic carbocycles. The zero-order valence-corrected chi connectivity index (χ0v) is 46.5. The normalized spacial score (nSPS) is 16.4. The van der Waals surface area contributed by atoms with Crippen LogP contribution < -0.4 is 16.8 Å². The smallest absolute Gasteiger partial charge is 0.0714 e. The average molecular weight is 1030 g/mol.